The Bertz CT molecular complexity index is 1090. The molecule has 0 saturated heterocycles. The number of thioether (sulfide) groups is 1. The summed E-state index contributed by atoms with van der Waals surface area (Å²) in [4.78, 5) is 12.5. The standard InChI is InChI=1S/C22H21N3O3S/c1-3-14-4-7-16(8-5-14)25-22-20(13(2)24-25)21(29-11-19(26)23-22)15-6-9-17-18(10-15)28-12-27-17/h4-10,21H,3,11-12H2,1-2H3,(H,23,26)/t21-/m1/s1. The zero-order valence-corrected chi connectivity index (χ0v) is 17.1. The van der Waals surface area contributed by atoms with Gasteiger partial charge in [0.25, 0.3) is 0 Å². The van der Waals surface area contributed by atoms with Crippen LogP contribution < -0.4 is 14.8 Å². The van der Waals surface area contributed by atoms with Crippen molar-refractivity contribution >= 4 is 23.5 Å². The molecule has 7 heteroatoms. The van der Waals surface area contributed by atoms with E-state index in [9.17, 15) is 4.79 Å². The van der Waals surface area contributed by atoms with Crippen molar-refractivity contribution in [2.75, 3.05) is 17.9 Å². The van der Waals surface area contributed by atoms with Crippen molar-refractivity contribution in [3.8, 4) is 17.2 Å². The van der Waals surface area contributed by atoms with Gasteiger partial charge in [0.2, 0.25) is 12.7 Å². The monoisotopic (exact) mass is 407 g/mol. The highest BCUT2D eigenvalue weighted by Crippen LogP contribution is 2.46. The van der Waals surface area contributed by atoms with Gasteiger partial charge in [-0.1, -0.05) is 25.1 Å². The van der Waals surface area contributed by atoms with Crippen molar-refractivity contribution < 1.29 is 14.3 Å². The lowest BCUT2D eigenvalue weighted by atomic mass is 10.0. The lowest BCUT2D eigenvalue weighted by Gasteiger charge is -2.16. The molecule has 2 aromatic carbocycles. The van der Waals surface area contributed by atoms with E-state index in [0.29, 0.717) is 5.75 Å². The van der Waals surface area contributed by atoms with Crippen molar-refractivity contribution in [2.45, 2.75) is 25.5 Å². The maximum atomic E-state index is 12.5. The third-order valence-corrected chi connectivity index (χ3v) is 6.57. The lowest BCUT2D eigenvalue weighted by molar-refractivity contribution is -0.113. The minimum atomic E-state index is -0.0258. The van der Waals surface area contributed by atoms with Crippen LogP contribution in [0, 0.1) is 6.92 Å². The summed E-state index contributed by atoms with van der Waals surface area (Å²) in [6.45, 7) is 4.37. The van der Waals surface area contributed by atoms with Crippen LogP contribution in [0.15, 0.2) is 42.5 Å². The molecule has 0 unspecified atom stereocenters. The summed E-state index contributed by atoms with van der Waals surface area (Å²) in [5.74, 6) is 2.59. The van der Waals surface area contributed by atoms with Crippen LogP contribution in [-0.2, 0) is 11.2 Å². The first-order valence-corrected chi connectivity index (χ1v) is 10.7. The highest BCUT2D eigenvalue weighted by Gasteiger charge is 2.31. The maximum absolute atomic E-state index is 12.5. The van der Waals surface area contributed by atoms with Crippen molar-refractivity contribution in [1.82, 2.24) is 9.78 Å². The Morgan fingerprint density at radius 2 is 1.97 bits per heavy atom. The lowest BCUT2D eigenvalue weighted by Crippen LogP contribution is -2.15. The molecule has 148 valence electrons. The highest BCUT2D eigenvalue weighted by molar-refractivity contribution is 8.00. The van der Waals surface area contributed by atoms with Crippen molar-refractivity contribution in [2.24, 2.45) is 0 Å². The van der Waals surface area contributed by atoms with E-state index in [2.05, 4.69) is 24.4 Å². The van der Waals surface area contributed by atoms with Gasteiger partial charge in [-0.15, -0.1) is 11.8 Å². The predicted octanol–water partition coefficient (Wildman–Crippen LogP) is 4.25. The second-order valence-corrected chi connectivity index (χ2v) is 8.22. The van der Waals surface area contributed by atoms with Crippen molar-refractivity contribution in [3.63, 3.8) is 0 Å². The van der Waals surface area contributed by atoms with Crippen LogP contribution in [0.3, 0.4) is 0 Å². The molecule has 1 N–H and O–H groups in total. The zero-order chi connectivity index (χ0) is 20.0. The molecule has 0 radical (unpaired) electrons. The molecular formula is C22H21N3O3S. The molecule has 3 aromatic rings. The second-order valence-electron chi connectivity index (χ2n) is 7.13. The summed E-state index contributed by atoms with van der Waals surface area (Å²) in [6, 6.07) is 14.3. The van der Waals surface area contributed by atoms with E-state index in [1.54, 1.807) is 11.8 Å². The molecule has 5 rings (SSSR count). The normalized spacial score (nSPS) is 17.6. The van der Waals surface area contributed by atoms with Gasteiger partial charge in [-0.25, -0.2) is 4.68 Å². The number of amides is 1. The van der Waals surface area contributed by atoms with Crippen LogP contribution in [0.2, 0.25) is 0 Å². The number of fused-ring (bicyclic) bond motifs is 2. The molecule has 29 heavy (non-hydrogen) atoms. The van der Waals surface area contributed by atoms with E-state index in [4.69, 9.17) is 14.6 Å². The van der Waals surface area contributed by atoms with E-state index < -0.39 is 0 Å². The molecule has 2 aliphatic heterocycles. The van der Waals surface area contributed by atoms with E-state index in [1.807, 2.05) is 41.9 Å². The largest absolute Gasteiger partial charge is 0.454 e. The van der Waals surface area contributed by atoms with E-state index in [-0.39, 0.29) is 18.0 Å². The van der Waals surface area contributed by atoms with E-state index in [1.165, 1.54) is 5.56 Å². The van der Waals surface area contributed by atoms with Gasteiger partial charge >= 0.3 is 0 Å². The third-order valence-electron chi connectivity index (χ3n) is 5.30. The zero-order valence-electron chi connectivity index (χ0n) is 16.3. The third kappa shape index (κ3) is 3.15. The van der Waals surface area contributed by atoms with Gasteiger partial charge < -0.3 is 14.8 Å². The summed E-state index contributed by atoms with van der Waals surface area (Å²) in [6.07, 6.45) is 0.982. The van der Waals surface area contributed by atoms with Gasteiger partial charge in [0.1, 0.15) is 5.82 Å². The smallest absolute Gasteiger partial charge is 0.235 e. The number of rotatable bonds is 3. The van der Waals surface area contributed by atoms with Gasteiger partial charge in [-0.3, -0.25) is 4.79 Å². The number of benzene rings is 2. The first-order chi connectivity index (χ1) is 14.1. The van der Waals surface area contributed by atoms with Crippen molar-refractivity contribution in [3.05, 3.63) is 64.8 Å². The molecule has 1 atom stereocenters. The van der Waals surface area contributed by atoms with Crippen LogP contribution in [0.25, 0.3) is 5.69 Å². The molecule has 0 fully saturated rings. The topological polar surface area (TPSA) is 65.4 Å². The quantitative estimate of drug-likeness (QED) is 0.703. The number of aromatic nitrogens is 2. The maximum Gasteiger partial charge on any atom is 0.235 e. The highest BCUT2D eigenvalue weighted by atomic mass is 32.2. The summed E-state index contributed by atoms with van der Waals surface area (Å²) >= 11 is 1.60. The average molecular weight is 407 g/mol. The van der Waals surface area contributed by atoms with E-state index >= 15 is 0 Å². The Morgan fingerprint density at radius 1 is 1.17 bits per heavy atom. The number of nitrogens with one attached hydrogen (secondary N) is 1. The Kier molecular flexibility index (Phi) is 4.47. The fourth-order valence-electron chi connectivity index (χ4n) is 3.78. The fourth-order valence-corrected chi connectivity index (χ4v) is 4.96. The fraction of sp³-hybridized carbons (Fsp3) is 0.273. The number of nitrogens with zero attached hydrogens (tertiary/aromatic N) is 2. The van der Waals surface area contributed by atoms with Crippen LogP contribution in [-0.4, -0.2) is 28.2 Å². The Morgan fingerprint density at radius 3 is 2.76 bits per heavy atom. The van der Waals surface area contributed by atoms with Gasteiger partial charge in [0.15, 0.2) is 11.5 Å². The molecule has 6 nitrogen and oxygen atoms in total. The molecular weight excluding hydrogens is 386 g/mol. The van der Waals surface area contributed by atoms with Crippen LogP contribution in [0.1, 0.15) is 34.6 Å². The molecule has 2 aliphatic rings. The Hall–Kier alpha value is -2.93. The van der Waals surface area contributed by atoms with Crippen LogP contribution in [0.5, 0.6) is 11.5 Å². The Labute approximate surface area is 173 Å². The second kappa shape index (κ2) is 7.15. The Balaban J connectivity index is 1.62. The number of aryl methyl sites for hydroxylation is 2. The molecule has 0 spiro atoms. The summed E-state index contributed by atoms with van der Waals surface area (Å²) < 4.78 is 12.8. The molecule has 0 aliphatic carbocycles. The molecule has 0 saturated carbocycles. The predicted molar refractivity (Wildman–Crippen MR) is 113 cm³/mol. The first kappa shape index (κ1) is 18.1. The van der Waals surface area contributed by atoms with Gasteiger partial charge in [-0.05, 0) is 48.7 Å². The minimum Gasteiger partial charge on any atom is -0.454 e. The number of carbonyl (C=O) groups excluding carboxylic acids is 1. The molecule has 3 heterocycles. The summed E-state index contributed by atoms with van der Waals surface area (Å²) in [5, 5.41) is 7.82. The average Bonchev–Trinajstić information content (AvgIpc) is 3.28. The van der Waals surface area contributed by atoms with Crippen LogP contribution in [0.4, 0.5) is 5.82 Å². The summed E-state index contributed by atoms with van der Waals surface area (Å²) in [5.41, 5.74) is 5.20. The first-order valence-electron chi connectivity index (χ1n) is 9.64. The molecule has 0 bridgehead atoms. The molecule has 1 aromatic heterocycles. The molecule has 1 amide bonds. The van der Waals surface area contributed by atoms with Gasteiger partial charge in [-0.2, -0.15) is 5.10 Å². The van der Waals surface area contributed by atoms with Crippen LogP contribution >= 0.6 is 11.8 Å². The summed E-state index contributed by atoms with van der Waals surface area (Å²) in [7, 11) is 0. The number of hydrogen-bond donors (Lipinski definition) is 1. The van der Waals surface area contributed by atoms with Crippen molar-refractivity contribution in [1.29, 1.82) is 0 Å². The SMILES string of the molecule is CCc1ccc(-n2nc(C)c3c2NC(=O)CS[C@@H]3c2ccc3c(c2)OCO3)cc1. The van der Waals surface area contributed by atoms with E-state index in [0.717, 1.165) is 46.2 Å². The number of hydrogen-bond acceptors (Lipinski definition) is 5. The van der Waals surface area contributed by atoms with Gasteiger partial charge in [0, 0.05) is 5.56 Å². The number of ether oxygens (including phenoxy) is 2. The number of carbonyl (C=O) groups is 1. The minimum absolute atomic E-state index is 0.0224. The van der Waals surface area contributed by atoms with Gasteiger partial charge in [0.05, 0.1) is 22.4 Å². The number of anilines is 1.